The molecule has 0 fully saturated rings. The third kappa shape index (κ3) is 2.86. The number of rotatable bonds is 4. The molecule has 2 atom stereocenters. The zero-order valence-corrected chi connectivity index (χ0v) is 12.5. The van der Waals surface area contributed by atoms with Gasteiger partial charge in [-0.2, -0.15) is 0 Å². The lowest BCUT2D eigenvalue weighted by Crippen LogP contribution is -2.34. The number of carbonyl (C=O) groups excluding carboxylic acids is 1. The van der Waals surface area contributed by atoms with Crippen molar-refractivity contribution in [2.24, 2.45) is 0 Å². The van der Waals surface area contributed by atoms with Gasteiger partial charge in [0.2, 0.25) is 5.91 Å². The van der Waals surface area contributed by atoms with Crippen molar-refractivity contribution in [3.05, 3.63) is 29.3 Å². The van der Waals surface area contributed by atoms with E-state index in [1.54, 1.807) is 6.92 Å². The van der Waals surface area contributed by atoms with Crippen LogP contribution in [0.15, 0.2) is 18.2 Å². The summed E-state index contributed by atoms with van der Waals surface area (Å²) in [5, 5.41) is 13.6. The van der Waals surface area contributed by atoms with E-state index in [0.29, 0.717) is 0 Å². The molecule has 0 spiro atoms. The minimum Gasteiger partial charge on any atom is -0.387 e. The number of aryl methyl sites for hydroxylation is 1. The van der Waals surface area contributed by atoms with E-state index in [2.05, 4.69) is 5.32 Å². The number of anilines is 1. The Kier molecular flexibility index (Phi) is 4.78. The third-order valence-electron chi connectivity index (χ3n) is 4.14. The van der Waals surface area contributed by atoms with Crippen molar-refractivity contribution in [2.75, 3.05) is 18.5 Å². The molecule has 0 aliphatic carbocycles. The Balaban J connectivity index is 2.34. The van der Waals surface area contributed by atoms with Gasteiger partial charge in [-0.15, -0.1) is 0 Å². The summed E-state index contributed by atoms with van der Waals surface area (Å²) in [7, 11) is 1.86. The molecule has 0 saturated carbocycles. The summed E-state index contributed by atoms with van der Waals surface area (Å²) in [6, 6.07) is 6.03. The monoisotopic (exact) mass is 276 g/mol. The fourth-order valence-corrected chi connectivity index (χ4v) is 2.92. The predicted octanol–water partition coefficient (Wildman–Crippen LogP) is 2.02. The maximum Gasteiger partial charge on any atom is 0.223 e. The van der Waals surface area contributed by atoms with Gasteiger partial charge in [-0.25, -0.2) is 0 Å². The van der Waals surface area contributed by atoms with Gasteiger partial charge in [0.1, 0.15) is 0 Å². The number of hydrogen-bond donors (Lipinski definition) is 2. The highest BCUT2D eigenvalue weighted by Crippen LogP contribution is 2.31. The Labute approximate surface area is 120 Å². The number of aliphatic hydroxyl groups is 1. The number of hydrogen-bond acceptors (Lipinski definition) is 3. The molecule has 1 aliphatic rings. The molecule has 1 aromatic rings. The minimum atomic E-state index is -0.550. The second-order valence-electron chi connectivity index (χ2n) is 5.41. The van der Waals surface area contributed by atoms with Crippen molar-refractivity contribution < 1.29 is 9.90 Å². The second kappa shape index (κ2) is 6.37. The van der Waals surface area contributed by atoms with Crippen LogP contribution in [0.25, 0.3) is 0 Å². The minimum absolute atomic E-state index is 0.0300. The number of fused-ring (bicyclic) bond motifs is 1. The van der Waals surface area contributed by atoms with Crippen LogP contribution in [0, 0.1) is 0 Å². The molecule has 4 nitrogen and oxygen atoms in total. The van der Waals surface area contributed by atoms with Crippen molar-refractivity contribution in [1.29, 1.82) is 0 Å². The van der Waals surface area contributed by atoms with Crippen LogP contribution in [0.3, 0.4) is 0 Å². The smallest absolute Gasteiger partial charge is 0.223 e. The summed E-state index contributed by atoms with van der Waals surface area (Å²) in [6.07, 6.45) is 2.30. The maximum absolute atomic E-state index is 11.7. The normalized spacial score (nSPS) is 17.5. The standard InChI is InChI=1S/C16H24N2O2/c1-4-14(17-3)16(20)13-8-7-12-6-5-9-18(11(2)19)15(12)10-13/h7-8,10,14,16-17,20H,4-6,9H2,1-3H3. The van der Waals surface area contributed by atoms with Gasteiger partial charge in [0.05, 0.1) is 6.10 Å². The quantitative estimate of drug-likeness (QED) is 0.884. The molecule has 110 valence electrons. The highest BCUT2D eigenvalue weighted by Gasteiger charge is 2.23. The molecule has 0 bridgehead atoms. The van der Waals surface area contributed by atoms with Crippen LogP contribution >= 0.6 is 0 Å². The van der Waals surface area contributed by atoms with E-state index >= 15 is 0 Å². The lowest BCUT2D eigenvalue weighted by molar-refractivity contribution is -0.116. The highest BCUT2D eigenvalue weighted by molar-refractivity contribution is 5.92. The van der Waals surface area contributed by atoms with Crippen LogP contribution in [-0.4, -0.2) is 30.6 Å². The summed E-state index contributed by atoms with van der Waals surface area (Å²) < 4.78 is 0. The topological polar surface area (TPSA) is 52.6 Å². The SMILES string of the molecule is CCC(NC)C(O)c1ccc2c(c1)N(C(C)=O)CCC2. The number of benzene rings is 1. The Morgan fingerprint density at radius 2 is 2.25 bits per heavy atom. The summed E-state index contributed by atoms with van der Waals surface area (Å²) >= 11 is 0. The van der Waals surface area contributed by atoms with Crippen molar-refractivity contribution >= 4 is 11.6 Å². The molecule has 1 amide bonds. The fraction of sp³-hybridized carbons (Fsp3) is 0.562. The first kappa shape index (κ1) is 15.0. The molecule has 1 heterocycles. The van der Waals surface area contributed by atoms with Crippen LogP contribution in [0.4, 0.5) is 5.69 Å². The summed E-state index contributed by atoms with van der Waals surface area (Å²) in [5.74, 6) is 0.0678. The highest BCUT2D eigenvalue weighted by atomic mass is 16.3. The van der Waals surface area contributed by atoms with Gasteiger partial charge in [-0.1, -0.05) is 19.1 Å². The molecular weight excluding hydrogens is 252 g/mol. The van der Waals surface area contributed by atoms with Crippen LogP contribution in [0.2, 0.25) is 0 Å². The number of aliphatic hydroxyl groups excluding tert-OH is 1. The van der Waals surface area contributed by atoms with E-state index in [4.69, 9.17) is 0 Å². The average Bonchev–Trinajstić information content (AvgIpc) is 2.47. The Morgan fingerprint density at radius 3 is 2.85 bits per heavy atom. The predicted molar refractivity (Wildman–Crippen MR) is 80.9 cm³/mol. The first-order valence-electron chi connectivity index (χ1n) is 7.34. The average molecular weight is 276 g/mol. The number of likely N-dealkylation sites (N-methyl/N-ethyl adjacent to an activating group) is 1. The molecule has 4 heteroatoms. The Bertz CT molecular complexity index is 483. The largest absolute Gasteiger partial charge is 0.387 e. The van der Waals surface area contributed by atoms with Gasteiger partial charge >= 0.3 is 0 Å². The third-order valence-corrected chi connectivity index (χ3v) is 4.14. The van der Waals surface area contributed by atoms with E-state index < -0.39 is 6.10 Å². The Hall–Kier alpha value is -1.39. The van der Waals surface area contributed by atoms with Gasteiger partial charge in [-0.05, 0) is 43.5 Å². The zero-order chi connectivity index (χ0) is 14.7. The molecular formula is C16H24N2O2. The molecule has 1 aliphatic heterocycles. The second-order valence-corrected chi connectivity index (χ2v) is 5.41. The first-order chi connectivity index (χ1) is 9.58. The van der Waals surface area contributed by atoms with E-state index in [9.17, 15) is 9.90 Å². The maximum atomic E-state index is 11.7. The van der Waals surface area contributed by atoms with Gasteiger partial charge in [0.25, 0.3) is 0 Å². The zero-order valence-electron chi connectivity index (χ0n) is 12.5. The van der Waals surface area contributed by atoms with Crippen molar-refractivity contribution in [3.8, 4) is 0 Å². The summed E-state index contributed by atoms with van der Waals surface area (Å²) in [5.41, 5.74) is 3.03. The number of amides is 1. The number of carbonyl (C=O) groups is 1. The molecule has 0 aromatic heterocycles. The van der Waals surface area contributed by atoms with Gasteiger partial charge in [0, 0.05) is 25.2 Å². The molecule has 2 unspecified atom stereocenters. The summed E-state index contributed by atoms with van der Waals surface area (Å²) in [4.78, 5) is 13.6. The van der Waals surface area contributed by atoms with E-state index in [1.807, 2.05) is 37.1 Å². The molecule has 0 radical (unpaired) electrons. The number of nitrogens with zero attached hydrogens (tertiary/aromatic N) is 1. The van der Waals surface area contributed by atoms with Crippen LogP contribution in [0.1, 0.15) is 43.9 Å². The van der Waals surface area contributed by atoms with Crippen LogP contribution < -0.4 is 10.2 Å². The van der Waals surface area contributed by atoms with Crippen LogP contribution in [0.5, 0.6) is 0 Å². The molecule has 1 aromatic carbocycles. The van der Waals surface area contributed by atoms with Gasteiger partial charge in [0.15, 0.2) is 0 Å². The molecule has 20 heavy (non-hydrogen) atoms. The Morgan fingerprint density at radius 1 is 1.50 bits per heavy atom. The first-order valence-corrected chi connectivity index (χ1v) is 7.34. The van der Waals surface area contributed by atoms with Gasteiger partial charge < -0.3 is 15.3 Å². The fourth-order valence-electron chi connectivity index (χ4n) is 2.92. The lowest BCUT2D eigenvalue weighted by Gasteiger charge is -2.30. The molecule has 2 rings (SSSR count). The van der Waals surface area contributed by atoms with Crippen molar-refractivity contribution in [2.45, 2.75) is 45.3 Å². The lowest BCUT2D eigenvalue weighted by atomic mass is 9.94. The number of nitrogens with one attached hydrogen (secondary N) is 1. The van der Waals surface area contributed by atoms with Crippen LogP contribution in [-0.2, 0) is 11.2 Å². The van der Waals surface area contributed by atoms with Gasteiger partial charge in [-0.3, -0.25) is 4.79 Å². The van der Waals surface area contributed by atoms with E-state index in [1.165, 1.54) is 5.56 Å². The van der Waals surface area contributed by atoms with E-state index in [-0.39, 0.29) is 11.9 Å². The van der Waals surface area contributed by atoms with Crippen molar-refractivity contribution in [1.82, 2.24) is 5.32 Å². The molecule has 0 saturated heterocycles. The summed E-state index contributed by atoms with van der Waals surface area (Å²) in [6.45, 7) is 4.41. The van der Waals surface area contributed by atoms with Crippen molar-refractivity contribution in [3.63, 3.8) is 0 Å². The molecule has 2 N–H and O–H groups in total. The van der Waals surface area contributed by atoms with E-state index in [0.717, 1.165) is 37.1 Å².